The number of nitrogens with zero attached hydrogens (tertiary/aromatic N) is 1. The maximum Gasteiger partial charge on any atom is 0.219 e. The van der Waals surface area contributed by atoms with Gasteiger partial charge in [-0.15, -0.1) is 0 Å². The summed E-state index contributed by atoms with van der Waals surface area (Å²) in [7, 11) is 0. The first-order valence-corrected chi connectivity index (χ1v) is 8.41. The second-order valence-electron chi connectivity index (χ2n) is 5.59. The highest BCUT2D eigenvalue weighted by molar-refractivity contribution is 6.32. The SMILES string of the molecule is Fc1cccc(CCNCc2ccc(Oc3ccccc3Cl)nc2)c1. The van der Waals surface area contributed by atoms with E-state index in [9.17, 15) is 4.39 Å². The lowest BCUT2D eigenvalue weighted by Gasteiger charge is -2.08. The largest absolute Gasteiger partial charge is 0.437 e. The average Bonchev–Trinajstić information content (AvgIpc) is 2.62. The normalized spacial score (nSPS) is 10.6. The van der Waals surface area contributed by atoms with Crippen LogP contribution in [-0.2, 0) is 13.0 Å². The summed E-state index contributed by atoms with van der Waals surface area (Å²) in [4.78, 5) is 4.29. The first-order chi connectivity index (χ1) is 12.2. The van der Waals surface area contributed by atoms with Crippen LogP contribution in [0.15, 0.2) is 66.9 Å². The molecule has 0 bridgehead atoms. The van der Waals surface area contributed by atoms with E-state index >= 15 is 0 Å². The summed E-state index contributed by atoms with van der Waals surface area (Å²) in [5.74, 6) is 0.880. The van der Waals surface area contributed by atoms with E-state index in [0.29, 0.717) is 23.2 Å². The average molecular weight is 357 g/mol. The zero-order chi connectivity index (χ0) is 17.5. The van der Waals surface area contributed by atoms with E-state index in [1.165, 1.54) is 6.07 Å². The molecular weight excluding hydrogens is 339 g/mol. The van der Waals surface area contributed by atoms with Crippen LogP contribution in [0.1, 0.15) is 11.1 Å². The third kappa shape index (κ3) is 5.28. The molecule has 1 heterocycles. The predicted molar refractivity (Wildman–Crippen MR) is 97.6 cm³/mol. The molecule has 3 rings (SSSR count). The van der Waals surface area contributed by atoms with Crippen molar-refractivity contribution in [2.24, 2.45) is 0 Å². The lowest BCUT2D eigenvalue weighted by atomic mass is 10.1. The van der Waals surface area contributed by atoms with Gasteiger partial charge in [0.2, 0.25) is 5.88 Å². The van der Waals surface area contributed by atoms with Crippen molar-refractivity contribution in [2.75, 3.05) is 6.54 Å². The third-order valence-electron chi connectivity index (χ3n) is 3.66. The van der Waals surface area contributed by atoms with Crippen LogP contribution in [0.4, 0.5) is 4.39 Å². The van der Waals surface area contributed by atoms with Crippen LogP contribution in [0.2, 0.25) is 5.02 Å². The van der Waals surface area contributed by atoms with Gasteiger partial charge in [-0.3, -0.25) is 0 Å². The number of para-hydroxylation sites is 1. The van der Waals surface area contributed by atoms with E-state index in [1.807, 2.05) is 30.3 Å². The van der Waals surface area contributed by atoms with E-state index in [4.69, 9.17) is 16.3 Å². The molecule has 0 amide bonds. The Bertz CT molecular complexity index is 824. The minimum atomic E-state index is -0.198. The summed E-state index contributed by atoms with van der Waals surface area (Å²) >= 11 is 6.06. The molecule has 0 unspecified atom stereocenters. The Morgan fingerprint density at radius 3 is 2.64 bits per heavy atom. The van der Waals surface area contributed by atoms with Crippen LogP contribution in [0, 0.1) is 5.82 Å². The molecule has 0 spiro atoms. The fourth-order valence-electron chi connectivity index (χ4n) is 2.37. The van der Waals surface area contributed by atoms with Gasteiger partial charge in [0.25, 0.3) is 0 Å². The molecule has 0 aliphatic carbocycles. The summed E-state index contributed by atoms with van der Waals surface area (Å²) in [5.41, 5.74) is 2.03. The smallest absolute Gasteiger partial charge is 0.219 e. The molecule has 1 N–H and O–H groups in total. The second kappa shape index (κ2) is 8.60. The second-order valence-corrected chi connectivity index (χ2v) is 6.00. The Balaban J connectivity index is 1.47. The molecule has 0 saturated heterocycles. The zero-order valence-electron chi connectivity index (χ0n) is 13.6. The fourth-order valence-corrected chi connectivity index (χ4v) is 2.55. The quantitative estimate of drug-likeness (QED) is 0.605. The lowest BCUT2D eigenvalue weighted by Crippen LogP contribution is -2.16. The molecule has 128 valence electrons. The van der Waals surface area contributed by atoms with Crippen molar-refractivity contribution in [3.63, 3.8) is 0 Å². The van der Waals surface area contributed by atoms with Crippen molar-refractivity contribution in [3.05, 3.63) is 88.8 Å². The summed E-state index contributed by atoms with van der Waals surface area (Å²) in [6.45, 7) is 1.45. The van der Waals surface area contributed by atoms with Crippen molar-refractivity contribution in [1.82, 2.24) is 10.3 Å². The standard InChI is InChI=1S/C20H18ClFN2O/c21-18-6-1-2-7-19(18)25-20-9-8-16(14-24-20)13-23-11-10-15-4-3-5-17(22)12-15/h1-9,12,14,23H,10-11,13H2. The first-order valence-electron chi connectivity index (χ1n) is 8.03. The van der Waals surface area contributed by atoms with Crippen LogP contribution in [0.25, 0.3) is 0 Å². The van der Waals surface area contributed by atoms with Crippen LogP contribution >= 0.6 is 11.6 Å². The van der Waals surface area contributed by atoms with Crippen LogP contribution < -0.4 is 10.1 Å². The van der Waals surface area contributed by atoms with Gasteiger partial charge in [-0.1, -0.05) is 41.9 Å². The van der Waals surface area contributed by atoms with E-state index in [2.05, 4.69) is 10.3 Å². The number of hydrogen-bond donors (Lipinski definition) is 1. The van der Waals surface area contributed by atoms with Crippen LogP contribution in [0.3, 0.4) is 0 Å². The fraction of sp³-hybridized carbons (Fsp3) is 0.150. The molecule has 0 saturated carbocycles. The van der Waals surface area contributed by atoms with Crippen molar-refractivity contribution < 1.29 is 9.13 Å². The molecule has 0 atom stereocenters. The van der Waals surface area contributed by atoms with Crippen molar-refractivity contribution >= 4 is 11.6 Å². The van der Waals surface area contributed by atoms with Crippen LogP contribution in [0.5, 0.6) is 11.6 Å². The number of aromatic nitrogens is 1. The highest BCUT2D eigenvalue weighted by atomic mass is 35.5. The molecule has 0 fully saturated rings. The minimum Gasteiger partial charge on any atom is -0.437 e. The number of hydrogen-bond acceptors (Lipinski definition) is 3. The van der Waals surface area contributed by atoms with E-state index < -0.39 is 0 Å². The van der Waals surface area contributed by atoms with Crippen molar-refractivity contribution in [3.8, 4) is 11.6 Å². The highest BCUT2D eigenvalue weighted by Gasteiger charge is 2.03. The minimum absolute atomic E-state index is 0.198. The molecule has 1 aromatic heterocycles. The number of ether oxygens (including phenoxy) is 1. The van der Waals surface area contributed by atoms with E-state index in [0.717, 1.165) is 24.1 Å². The number of benzene rings is 2. The summed E-state index contributed by atoms with van der Waals surface area (Å²) in [6.07, 6.45) is 2.54. The number of pyridine rings is 1. The van der Waals surface area contributed by atoms with Gasteiger partial charge in [0.15, 0.2) is 0 Å². The van der Waals surface area contributed by atoms with Gasteiger partial charge in [0.05, 0.1) is 5.02 Å². The number of nitrogens with one attached hydrogen (secondary N) is 1. The van der Waals surface area contributed by atoms with Gasteiger partial charge in [0, 0.05) is 18.8 Å². The molecule has 0 aliphatic heterocycles. The lowest BCUT2D eigenvalue weighted by molar-refractivity contribution is 0.462. The molecule has 0 aliphatic rings. The van der Waals surface area contributed by atoms with Gasteiger partial charge in [0.1, 0.15) is 11.6 Å². The molecular formula is C20H18ClFN2O. The van der Waals surface area contributed by atoms with Gasteiger partial charge >= 0.3 is 0 Å². The topological polar surface area (TPSA) is 34.1 Å². The predicted octanol–water partition coefficient (Wildman–Crippen LogP) is 5.00. The molecule has 0 radical (unpaired) electrons. The number of halogens is 2. The molecule has 25 heavy (non-hydrogen) atoms. The Morgan fingerprint density at radius 1 is 1.00 bits per heavy atom. The Labute approximate surface area is 151 Å². The van der Waals surface area contributed by atoms with Crippen LogP contribution in [-0.4, -0.2) is 11.5 Å². The molecule has 5 heteroatoms. The van der Waals surface area contributed by atoms with Gasteiger partial charge < -0.3 is 10.1 Å². The molecule has 3 aromatic rings. The van der Waals surface area contributed by atoms with Gasteiger partial charge in [-0.25, -0.2) is 9.37 Å². The molecule has 3 nitrogen and oxygen atoms in total. The Hall–Kier alpha value is -2.43. The first kappa shape index (κ1) is 17.4. The van der Waals surface area contributed by atoms with E-state index in [1.54, 1.807) is 30.5 Å². The maximum absolute atomic E-state index is 13.1. The summed E-state index contributed by atoms with van der Waals surface area (Å²) in [5, 5.41) is 3.87. The monoisotopic (exact) mass is 356 g/mol. The zero-order valence-corrected chi connectivity index (χ0v) is 14.3. The maximum atomic E-state index is 13.1. The highest BCUT2D eigenvalue weighted by Crippen LogP contribution is 2.27. The summed E-state index contributed by atoms with van der Waals surface area (Å²) < 4.78 is 18.8. The van der Waals surface area contributed by atoms with Crippen molar-refractivity contribution in [1.29, 1.82) is 0 Å². The van der Waals surface area contributed by atoms with Gasteiger partial charge in [-0.05, 0) is 48.4 Å². The van der Waals surface area contributed by atoms with E-state index in [-0.39, 0.29) is 5.82 Å². The molecule has 2 aromatic carbocycles. The third-order valence-corrected chi connectivity index (χ3v) is 3.97. The summed E-state index contributed by atoms with van der Waals surface area (Å²) in [6, 6.07) is 17.7. The Kier molecular flexibility index (Phi) is 5.99. The Morgan fingerprint density at radius 2 is 1.88 bits per heavy atom. The van der Waals surface area contributed by atoms with Gasteiger partial charge in [-0.2, -0.15) is 0 Å². The number of rotatable bonds is 7. The van der Waals surface area contributed by atoms with Crippen molar-refractivity contribution in [2.45, 2.75) is 13.0 Å².